The van der Waals surface area contributed by atoms with Crippen LogP contribution in [0.1, 0.15) is 31.4 Å². The monoisotopic (exact) mass is 271 g/mol. The van der Waals surface area contributed by atoms with E-state index in [0.29, 0.717) is 12.6 Å². The molecule has 0 amide bonds. The van der Waals surface area contributed by atoms with Gasteiger partial charge in [-0.15, -0.1) is 0 Å². The Kier molecular flexibility index (Phi) is 3.81. The Bertz CT molecular complexity index is 579. The molecular weight excluding hydrogens is 246 g/mol. The predicted molar refractivity (Wildman–Crippen MR) is 84.7 cm³/mol. The second-order valence-corrected chi connectivity index (χ2v) is 6.18. The molecule has 1 aliphatic rings. The second-order valence-electron chi connectivity index (χ2n) is 6.18. The number of piperidine rings is 1. The molecule has 3 nitrogen and oxygen atoms in total. The zero-order valence-electron chi connectivity index (χ0n) is 12.5. The highest BCUT2D eigenvalue weighted by Gasteiger charge is 2.25. The first kappa shape index (κ1) is 13.7. The van der Waals surface area contributed by atoms with Crippen molar-refractivity contribution in [2.75, 3.05) is 19.6 Å². The zero-order valence-corrected chi connectivity index (χ0v) is 12.5. The molecule has 1 unspecified atom stereocenters. The Morgan fingerprint density at radius 3 is 2.65 bits per heavy atom. The van der Waals surface area contributed by atoms with Gasteiger partial charge >= 0.3 is 0 Å². The molecule has 0 bridgehead atoms. The van der Waals surface area contributed by atoms with Crippen LogP contribution in [0.15, 0.2) is 30.5 Å². The van der Waals surface area contributed by atoms with Crippen molar-refractivity contribution in [3.05, 3.63) is 36.0 Å². The van der Waals surface area contributed by atoms with Gasteiger partial charge < -0.3 is 10.3 Å². The number of likely N-dealkylation sites (tertiary alicyclic amines) is 1. The molecule has 1 aromatic heterocycles. The zero-order chi connectivity index (χ0) is 14.1. The summed E-state index contributed by atoms with van der Waals surface area (Å²) in [6.07, 6.45) is 4.85. The van der Waals surface area contributed by atoms with Crippen LogP contribution in [0.2, 0.25) is 0 Å². The lowest BCUT2D eigenvalue weighted by Gasteiger charge is -2.36. The third-order valence-electron chi connectivity index (χ3n) is 4.77. The van der Waals surface area contributed by atoms with Crippen molar-refractivity contribution in [1.29, 1.82) is 0 Å². The van der Waals surface area contributed by atoms with E-state index in [-0.39, 0.29) is 0 Å². The van der Waals surface area contributed by atoms with Gasteiger partial charge in [-0.25, -0.2) is 0 Å². The summed E-state index contributed by atoms with van der Waals surface area (Å²) in [6, 6.07) is 8.99. The molecule has 2 heterocycles. The van der Waals surface area contributed by atoms with Gasteiger partial charge in [-0.2, -0.15) is 0 Å². The first-order chi connectivity index (χ1) is 9.70. The van der Waals surface area contributed by atoms with Crippen LogP contribution >= 0.6 is 0 Å². The lowest BCUT2D eigenvalue weighted by molar-refractivity contribution is 0.142. The van der Waals surface area contributed by atoms with Crippen molar-refractivity contribution in [3.63, 3.8) is 0 Å². The van der Waals surface area contributed by atoms with Crippen molar-refractivity contribution >= 4 is 10.9 Å². The maximum absolute atomic E-state index is 6.12. The number of nitrogens with zero attached hydrogens (tertiary/aromatic N) is 2. The number of aryl methyl sites for hydroxylation is 1. The molecule has 3 heteroatoms. The van der Waals surface area contributed by atoms with E-state index in [9.17, 15) is 0 Å². The molecule has 1 fully saturated rings. The van der Waals surface area contributed by atoms with E-state index in [1.165, 1.54) is 42.4 Å². The largest absolute Gasteiger partial charge is 0.350 e. The molecule has 1 saturated heterocycles. The Labute approximate surface area is 121 Å². The first-order valence-electron chi connectivity index (χ1n) is 7.68. The van der Waals surface area contributed by atoms with Crippen molar-refractivity contribution < 1.29 is 0 Å². The minimum absolute atomic E-state index is 0.355. The quantitative estimate of drug-likeness (QED) is 0.931. The predicted octanol–water partition coefficient (Wildman–Crippen LogP) is 2.91. The first-order valence-corrected chi connectivity index (χ1v) is 7.68. The molecule has 0 saturated carbocycles. The third-order valence-corrected chi connectivity index (χ3v) is 4.77. The van der Waals surface area contributed by atoms with E-state index in [1.54, 1.807) is 0 Å². The molecule has 0 radical (unpaired) electrons. The maximum atomic E-state index is 6.12. The van der Waals surface area contributed by atoms with Crippen molar-refractivity contribution in [3.8, 4) is 0 Å². The summed E-state index contributed by atoms with van der Waals surface area (Å²) in [6.45, 7) is 5.40. The van der Waals surface area contributed by atoms with Gasteiger partial charge in [0.05, 0.1) is 0 Å². The number of hydrogen-bond donors (Lipinski definition) is 1. The number of nitrogens with two attached hydrogens (primary N) is 1. The van der Waals surface area contributed by atoms with Gasteiger partial charge in [0.1, 0.15) is 0 Å². The molecule has 1 aromatic carbocycles. The number of benzene rings is 1. The number of rotatable bonds is 3. The molecule has 2 aromatic rings. The van der Waals surface area contributed by atoms with Crippen LogP contribution in [0.25, 0.3) is 10.9 Å². The molecule has 108 valence electrons. The fourth-order valence-electron chi connectivity index (χ4n) is 3.45. The fourth-order valence-corrected chi connectivity index (χ4v) is 3.45. The van der Waals surface area contributed by atoms with Gasteiger partial charge in [-0.3, -0.25) is 4.90 Å². The van der Waals surface area contributed by atoms with Gasteiger partial charge in [0.15, 0.2) is 0 Å². The second kappa shape index (κ2) is 5.58. The molecule has 0 aliphatic carbocycles. The van der Waals surface area contributed by atoms with Crippen LogP contribution in [0, 0.1) is 5.92 Å². The number of aromatic nitrogens is 1. The topological polar surface area (TPSA) is 34.2 Å². The molecule has 2 N–H and O–H groups in total. The number of para-hydroxylation sites is 1. The summed E-state index contributed by atoms with van der Waals surface area (Å²) in [5, 5.41) is 1.35. The van der Waals surface area contributed by atoms with E-state index >= 15 is 0 Å². The minimum atomic E-state index is 0.355. The summed E-state index contributed by atoms with van der Waals surface area (Å²) in [4.78, 5) is 2.57. The minimum Gasteiger partial charge on any atom is -0.350 e. The highest BCUT2D eigenvalue weighted by atomic mass is 15.2. The van der Waals surface area contributed by atoms with Gasteiger partial charge in [-0.05, 0) is 43.5 Å². The smallest absolute Gasteiger partial charge is 0.0491 e. The van der Waals surface area contributed by atoms with E-state index < -0.39 is 0 Å². The summed E-state index contributed by atoms with van der Waals surface area (Å²) in [7, 11) is 2.12. The van der Waals surface area contributed by atoms with Gasteiger partial charge in [-0.1, -0.05) is 25.1 Å². The Morgan fingerprint density at radius 1 is 1.25 bits per heavy atom. The fraction of sp³-hybridized carbons (Fsp3) is 0.529. The SMILES string of the molecule is CC1CCN(C(CN)c2cn(C)c3ccccc23)CC1. The molecule has 3 rings (SSSR count). The van der Waals surface area contributed by atoms with Crippen molar-refractivity contribution in [2.45, 2.75) is 25.8 Å². The van der Waals surface area contributed by atoms with E-state index in [2.05, 4.69) is 53.9 Å². The van der Waals surface area contributed by atoms with E-state index in [0.717, 1.165) is 5.92 Å². The Morgan fingerprint density at radius 2 is 1.95 bits per heavy atom. The van der Waals surface area contributed by atoms with Gasteiger partial charge in [0, 0.05) is 36.7 Å². The number of hydrogen-bond acceptors (Lipinski definition) is 2. The molecule has 1 aliphatic heterocycles. The molecule has 0 spiro atoms. The average Bonchev–Trinajstić information content (AvgIpc) is 2.80. The van der Waals surface area contributed by atoms with E-state index in [4.69, 9.17) is 5.73 Å². The summed E-state index contributed by atoms with van der Waals surface area (Å²) >= 11 is 0. The van der Waals surface area contributed by atoms with Gasteiger partial charge in [0.25, 0.3) is 0 Å². The molecular formula is C17H25N3. The lowest BCUT2D eigenvalue weighted by atomic mass is 9.95. The summed E-state index contributed by atoms with van der Waals surface area (Å²) in [5.74, 6) is 0.859. The van der Waals surface area contributed by atoms with Crippen LogP contribution in [-0.2, 0) is 7.05 Å². The molecule has 20 heavy (non-hydrogen) atoms. The van der Waals surface area contributed by atoms with E-state index in [1.807, 2.05) is 0 Å². The summed E-state index contributed by atoms with van der Waals surface area (Å²) < 4.78 is 2.22. The molecule has 1 atom stereocenters. The summed E-state index contributed by atoms with van der Waals surface area (Å²) in [5.41, 5.74) is 8.81. The van der Waals surface area contributed by atoms with Crippen LogP contribution < -0.4 is 5.73 Å². The highest BCUT2D eigenvalue weighted by molar-refractivity contribution is 5.84. The van der Waals surface area contributed by atoms with Crippen molar-refractivity contribution in [1.82, 2.24) is 9.47 Å². The standard InChI is InChI=1S/C17H25N3/c1-13-7-9-20(10-8-13)17(11-18)15-12-19(2)16-6-4-3-5-14(15)16/h3-6,12-13,17H,7-11,18H2,1-2H3. The van der Waals surface area contributed by atoms with Crippen LogP contribution in [0.5, 0.6) is 0 Å². The lowest BCUT2D eigenvalue weighted by Crippen LogP contribution is -2.39. The van der Waals surface area contributed by atoms with Crippen LogP contribution in [0.3, 0.4) is 0 Å². The average molecular weight is 271 g/mol. The normalized spacial score (nSPS) is 19.6. The number of fused-ring (bicyclic) bond motifs is 1. The van der Waals surface area contributed by atoms with Crippen molar-refractivity contribution in [2.24, 2.45) is 18.7 Å². The highest BCUT2D eigenvalue weighted by Crippen LogP contribution is 2.31. The Balaban J connectivity index is 1.95. The van der Waals surface area contributed by atoms with Gasteiger partial charge in [0.2, 0.25) is 0 Å². The maximum Gasteiger partial charge on any atom is 0.0491 e. The van der Waals surface area contributed by atoms with Crippen LogP contribution in [0.4, 0.5) is 0 Å². The Hall–Kier alpha value is -1.32. The van der Waals surface area contributed by atoms with Crippen LogP contribution in [-0.4, -0.2) is 29.1 Å². The third kappa shape index (κ3) is 2.36.